The molecule has 18 heavy (non-hydrogen) atoms. The maximum Gasteiger partial charge on any atom is 0.316 e. The molecule has 0 spiro atoms. The van der Waals surface area contributed by atoms with Gasteiger partial charge in [-0.3, -0.25) is 4.79 Å². The summed E-state index contributed by atoms with van der Waals surface area (Å²) in [5.41, 5.74) is 0. The van der Waals surface area contributed by atoms with Crippen LogP contribution in [0.4, 0.5) is 0 Å². The summed E-state index contributed by atoms with van der Waals surface area (Å²) in [4.78, 5) is 11.6. The van der Waals surface area contributed by atoms with Gasteiger partial charge in [-0.2, -0.15) is 0 Å². The van der Waals surface area contributed by atoms with Gasteiger partial charge in [0.2, 0.25) is 0 Å². The molecule has 0 saturated heterocycles. The number of carbonyl (C=O) groups is 1. The van der Waals surface area contributed by atoms with E-state index in [1.165, 1.54) is 57.8 Å². The maximum atomic E-state index is 11.6. The van der Waals surface area contributed by atoms with Crippen LogP contribution < -0.4 is 0 Å². The van der Waals surface area contributed by atoms with Crippen molar-refractivity contribution in [1.82, 2.24) is 0 Å². The predicted octanol–water partition coefficient (Wildman–Crippen LogP) is 3.94. The number of thioether (sulfide) groups is 1. The molecule has 0 aliphatic heterocycles. The van der Waals surface area contributed by atoms with Gasteiger partial charge < -0.3 is 5.11 Å². The fourth-order valence-corrected chi connectivity index (χ4v) is 6.09. The molecule has 0 heterocycles. The molecule has 3 fully saturated rings. The Kier molecular flexibility index (Phi) is 3.88. The molecule has 0 aromatic rings. The smallest absolute Gasteiger partial charge is 0.316 e. The second kappa shape index (κ2) is 5.44. The van der Waals surface area contributed by atoms with E-state index in [0.717, 1.165) is 11.8 Å². The van der Waals surface area contributed by atoms with Gasteiger partial charge in [0.15, 0.2) is 0 Å². The summed E-state index contributed by atoms with van der Waals surface area (Å²) in [5, 5.41) is 10.1. The minimum absolute atomic E-state index is 0.108. The number of hydrogen-bond acceptors (Lipinski definition) is 2. The Morgan fingerprint density at radius 1 is 1.06 bits per heavy atom. The highest BCUT2D eigenvalue weighted by molar-refractivity contribution is 8.01. The van der Waals surface area contributed by atoms with Crippen LogP contribution >= 0.6 is 11.8 Å². The second-order valence-electron chi connectivity index (χ2n) is 6.49. The first-order chi connectivity index (χ1) is 8.74. The highest BCUT2D eigenvalue weighted by atomic mass is 32.2. The summed E-state index contributed by atoms with van der Waals surface area (Å²) in [6.45, 7) is 0. The van der Waals surface area contributed by atoms with Gasteiger partial charge in [-0.25, -0.2) is 0 Å². The minimum atomic E-state index is -0.539. The normalized spacial score (nSPS) is 37.9. The highest BCUT2D eigenvalue weighted by Gasteiger charge is 2.46. The lowest BCUT2D eigenvalue weighted by atomic mass is 9.86. The van der Waals surface area contributed by atoms with E-state index in [9.17, 15) is 9.90 Å². The van der Waals surface area contributed by atoms with E-state index in [1.54, 1.807) is 0 Å². The molecule has 0 radical (unpaired) electrons. The lowest BCUT2D eigenvalue weighted by molar-refractivity contribution is -0.137. The van der Waals surface area contributed by atoms with Gasteiger partial charge in [-0.05, 0) is 49.9 Å². The van der Waals surface area contributed by atoms with Crippen molar-refractivity contribution in [2.24, 2.45) is 17.8 Å². The van der Waals surface area contributed by atoms with Gasteiger partial charge in [0.05, 0.1) is 0 Å². The Morgan fingerprint density at radius 3 is 2.39 bits per heavy atom. The first kappa shape index (κ1) is 12.8. The van der Waals surface area contributed by atoms with Gasteiger partial charge >= 0.3 is 5.97 Å². The Morgan fingerprint density at radius 2 is 1.83 bits per heavy atom. The third-order valence-electron chi connectivity index (χ3n) is 5.32. The summed E-state index contributed by atoms with van der Waals surface area (Å²) in [6.07, 6.45) is 11.6. The molecule has 0 aromatic carbocycles. The molecule has 0 amide bonds. The largest absolute Gasteiger partial charge is 0.480 e. The first-order valence-corrected chi connectivity index (χ1v) is 8.56. The van der Waals surface area contributed by atoms with Crippen LogP contribution in [0.15, 0.2) is 0 Å². The van der Waals surface area contributed by atoms with Crippen LogP contribution in [-0.4, -0.2) is 21.6 Å². The monoisotopic (exact) mass is 268 g/mol. The van der Waals surface area contributed by atoms with E-state index in [1.807, 2.05) is 11.8 Å². The number of aliphatic carboxylic acids is 1. The molecule has 3 heteroatoms. The molecule has 2 bridgehead atoms. The third kappa shape index (κ3) is 2.56. The Hall–Kier alpha value is -0.180. The number of fused-ring (bicyclic) bond motifs is 2. The zero-order valence-electron chi connectivity index (χ0n) is 11.0. The van der Waals surface area contributed by atoms with E-state index in [0.29, 0.717) is 11.2 Å². The minimum Gasteiger partial charge on any atom is -0.480 e. The number of rotatable bonds is 4. The number of carboxylic acid groups (broad SMARTS) is 1. The van der Waals surface area contributed by atoms with Crippen LogP contribution in [0.1, 0.15) is 57.8 Å². The molecule has 102 valence electrons. The zero-order chi connectivity index (χ0) is 12.5. The van der Waals surface area contributed by atoms with Crippen molar-refractivity contribution in [3.63, 3.8) is 0 Å². The van der Waals surface area contributed by atoms with E-state index in [-0.39, 0.29) is 5.25 Å². The van der Waals surface area contributed by atoms with Crippen LogP contribution in [0.5, 0.6) is 0 Å². The van der Waals surface area contributed by atoms with Crippen molar-refractivity contribution < 1.29 is 9.90 Å². The maximum absolute atomic E-state index is 11.6. The van der Waals surface area contributed by atoms with Gasteiger partial charge in [0.25, 0.3) is 0 Å². The fraction of sp³-hybridized carbons (Fsp3) is 0.933. The summed E-state index contributed by atoms with van der Waals surface area (Å²) < 4.78 is 0. The molecular formula is C15H24O2S. The molecule has 1 N–H and O–H groups in total. The Balaban J connectivity index is 1.63. The summed E-state index contributed by atoms with van der Waals surface area (Å²) in [5.74, 6) is 1.53. The van der Waals surface area contributed by atoms with Crippen molar-refractivity contribution >= 4 is 17.7 Å². The summed E-state index contributed by atoms with van der Waals surface area (Å²) in [7, 11) is 0. The average Bonchev–Trinajstić information content (AvgIpc) is 2.99. The van der Waals surface area contributed by atoms with Crippen molar-refractivity contribution in [3.05, 3.63) is 0 Å². The zero-order valence-corrected chi connectivity index (χ0v) is 11.8. The van der Waals surface area contributed by atoms with Gasteiger partial charge in [0, 0.05) is 5.25 Å². The van der Waals surface area contributed by atoms with Crippen LogP contribution in [0.2, 0.25) is 0 Å². The fourth-order valence-electron chi connectivity index (χ4n) is 4.42. The van der Waals surface area contributed by atoms with Gasteiger partial charge in [-0.1, -0.05) is 25.7 Å². The van der Waals surface area contributed by atoms with Gasteiger partial charge in [-0.15, -0.1) is 11.8 Å². The molecule has 2 nitrogen and oxygen atoms in total. The molecule has 3 aliphatic carbocycles. The molecule has 3 aliphatic rings. The molecule has 4 atom stereocenters. The number of hydrogen-bond donors (Lipinski definition) is 1. The van der Waals surface area contributed by atoms with Crippen molar-refractivity contribution in [1.29, 1.82) is 0 Å². The van der Waals surface area contributed by atoms with Crippen molar-refractivity contribution in [2.75, 3.05) is 0 Å². The van der Waals surface area contributed by atoms with Crippen LogP contribution in [-0.2, 0) is 4.79 Å². The molecule has 3 saturated carbocycles. The summed E-state index contributed by atoms with van der Waals surface area (Å²) in [6, 6.07) is 0. The molecule has 3 rings (SSSR count). The molecule has 4 unspecified atom stereocenters. The second-order valence-corrected chi connectivity index (χ2v) is 7.94. The Labute approximate surface area is 114 Å². The highest BCUT2D eigenvalue weighted by Crippen LogP contribution is 2.52. The third-order valence-corrected chi connectivity index (χ3v) is 7.02. The van der Waals surface area contributed by atoms with Crippen LogP contribution in [0.25, 0.3) is 0 Å². The SMILES string of the molecule is O=C(O)C(SC1CCCCC1)C1CC2CCC1C2. The average molecular weight is 268 g/mol. The Bertz CT molecular complexity index is 312. The standard InChI is InChI=1S/C15H24O2S/c16-15(17)14(18-12-4-2-1-3-5-12)13-9-10-6-7-11(13)8-10/h10-14H,1-9H2,(H,16,17). The quantitative estimate of drug-likeness (QED) is 0.839. The first-order valence-electron chi connectivity index (χ1n) is 7.62. The van der Waals surface area contributed by atoms with Gasteiger partial charge in [0.1, 0.15) is 5.25 Å². The molecule has 0 aromatic heterocycles. The lowest BCUT2D eigenvalue weighted by Gasteiger charge is -2.31. The van der Waals surface area contributed by atoms with E-state index < -0.39 is 5.97 Å². The predicted molar refractivity (Wildman–Crippen MR) is 74.8 cm³/mol. The summed E-state index contributed by atoms with van der Waals surface area (Å²) >= 11 is 1.81. The van der Waals surface area contributed by atoms with Crippen molar-refractivity contribution in [2.45, 2.75) is 68.3 Å². The lowest BCUT2D eigenvalue weighted by Crippen LogP contribution is -2.32. The van der Waals surface area contributed by atoms with E-state index in [4.69, 9.17) is 0 Å². The van der Waals surface area contributed by atoms with Crippen LogP contribution in [0.3, 0.4) is 0 Å². The molecular weight excluding hydrogens is 244 g/mol. The van der Waals surface area contributed by atoms with E-state index >= 15 is 0 Å². The topological polar surface area (TPSA) is 37.3 Å². The van der Waals surface area contributed by atoms with Crippen LogP contribution in [0, 0.1) is 17.8 Å². The van der Waals surface area contributed by atoms with E-state index in [2.05, 4.69) is 0 Å². The number of carboxylic acids is 1. The van der Waals surface area contributed by atoms with Crippen molar-refractivity contribution in [3.8, 4) is 0 Å².